The molecule has 0 radical (unpaired) electrons. The summed E-state index contributed by atoms with van der Waals surface area (Å²) in [6, 6.07) is 0. The van der Waals surface area contributed by atoms with Crippen LogP contribution in [0, 0.1) is 0 Å². The number of esters is 2. The first-order valence-electron chi connectivity index (χ1n) is 23.8. The van der Waals surface area contributed by atoms with E-state index < -0.39 is 6.10 Å². The van der Waals surface area contributed by atoms with Crippen LogP contribution in [-0.4, -0.2) is 37.9 Å². The van der Waals surface area contributed by atoms with Crippen LogP contribution >= 0.6 is 0 Å². The first-order chi connectivity index (χ1) is 28.6. The summed E-state index contributed by atoms with van der Waals surface area (Å²) in [7, 11) is 0. The average molecular weight is 805 g/mol. The molecule has 0 rings (SSSR count). The molecule has 1 unspecified atom stereocenters. The van der Waals surface area contributed by atoms with E-state index in [0.717, 1.165) is 116 Å². The quantitative estimate of drug-likeness (QED) is 0.0349. The maximum atomic E-state index is 12.7. The minimum atomic E-state index is -0.569. The van der Waals surface area contributed by atoms with Crippen LogP contribution in [0.15, 0.2) is 97.2 Å². The number of ether oxygens (including phenoxy) is 3. The van der Waals surface area contributed by atoms with Gasteiger partial charge in [-0.2, -0.15) is 0 Å². The summed E-state index contributed by atoms with van der Waals surface area (Å²) in [5.74, 6) is -0.477. The summed E-state index contributed by atoms with van der Waals surface area (Å²) in [4.78, 5) is 25.3. The van der Waals surface area contributed by atoms with Gasteiger partial charge >= 0.3 is 11.9 Å². The molecule has 5 heteroatoms. The molecule has 58 heavy (non-hydrogen) atoms. The average Bonchev–Trinajstić information content (AvgIpc) is 3.22. The summed E-state index contributed by atoms with van der Waals surface area (Å²) < 4.78 is 17.3. The van der Waals surface area contributed by atoms with E-state index >= 15 is 0 Å². The fourth-order valence-corrected chi connectivity index (χ4v) is 6.14. The van der Waals surface area contributed by atoms with Crippen molar-refractivity contribution in [3.63, 3.8) is 0 Å². The number of allylic oxidation sites excluding steroid dienone is 16. The predicted octanol–water partition coefficient (Wildman–Crippen LogP) is 15.9. The number of rotatable bonds is 42. The second-order valence-electron chi connectivity index (χ2n) is 15.3. The van der Waals surface area contributed by atoms with Crippen LogP contribution in [0.1, 0.15) is 201 Å². The molecule has 1 atom stereocenters. The zero-order chi connectivity index (χ0) is 42.1. The Labute approximate surface area is 358 Å². The van der Waals surface area contributed by atoms with Crippen molar-refractivity contribution < 1.29 is 23.8 Å². The van der Waals surface area contributed by atoms with Crippen molar-refractivity contribution in [3.8, 4) is 0 Å². The highest BCUT2D eigenvalue weighted by Gasteiger charge is 2.17. The molecule has 0 aliphatic carbocycles. The second-order valence-corrected chi connectivity index (χ2v) is 15.3. The fourth-order valence-electron chi connectivity index (χ4n) is 6.14. The van der Waals surface area contributed by atoms with Crippen LogP contribution in [0.4, 0.5) is 0 Å². The van der Waals surface area contributed by atoms with Gasteiger partial charge in [0.2, 0.25) is 0 Å². The third kappa shape index (κ3) is 45.5. The van der Waals surface area contributed by atoms with Crippen LogP contribution in [0.3, 0.4) is 0 Å². The van der Waals surface area contributed by atoms with E-state index in [2.05, 4.69) is 118 Å². The van der Waals surface area contributed by atoms with Gasteiger partial charge in [-0.3, -0.25) is 9.59 Å². The molecule has 0 saturated carbocycles. The highest BCUT2D eigenvalue weighted by molar-refractivity contribution is 5.70. The lowest BCUT2D eigenvalue weighted by molar-refractivity contribution is -0.163. The number of carbonyl (C=O) groups is 2. The Kier molecular flexibility index (Phi) is 45.5. The van der Waals surface area contributed by atoms with Crippen LogP contribution in [-0.2, 0) is 23.8 Å². The van der Waals surface area contributed by atoms with Gasteiger partial charge in [0.1, 0.15) is 6.61 Å². The summed E-state index contributed by atoms with van der Waals surface area (Å²) in [5.41, 5.74) is 0. The van der Waals surface area contributed by atoms with E-state index in [-0.39, 0.29) is 25.2 Å². The second kappa shape index (κ2) is 48.2. The van der Waals surface area contributed by atoms with E-state index in [9.17, 15) is 9.59 Å². The Bertz CT molecular complexity index is 1140. The molecule has 5 nitrogen and oxygen atoms in total. The van der Waals surface area contributed by atoms with Crippen molar-refractivity contribution in [1.29, 1.82) is 0 Å². The lowest BCUT2D eigenvalue weighted by atomic mass is 10.1. The standard InChI is InChI=1S/C53H88O5/c1-4-7-10-13-16-19-22-24-26-27-29-30-32-34-37-40-43-46-52(54)57-50-51(49-56-48-45-42-39-36-21-18-15-12-9-6-3)58-53(55)47-44-41-38-35-33-31-28-25-23-20-17-14-11-8-5-2/h7-8,10-11,16-17,19-20,24-26,28-30,33,35,51H,4-6,9,12-15,18,21-23,27,31-32,34,36-50H2,1-3H3/b10-7-,11-8-,19-16-,20-17-,26-24-,28-25-,30-29-,35-33-. The molecule has 0 spiro atoms. The van der Waals surface area contributed by atoms with Crippen molar-refractivity contribution in [2.75, 3.05) is 19.8 Å². The molecule has 0 amide bonds. The van der Waals surface area contributed by atoms with Crippen molar-refractivity contribution >= 4 is 11.9 Å². The Morgan fingerprint density at radius 3 is 1.28 bits per heavy atom. The molecule has 0 aliphatic heterocycles. The third-order valence-electron chi connectivity index (χ3n) is 9.62. The van der Waals surface area contributed by atoms with Crippen molar-refractivity contribution in [2.24, 2.45) is 0 Å². The minimum Gasteiger partial charge on any atom is -0.462 e. The number of hydrogen-bond acceptors (Lipinski definition) is 5. The first-order valence-corrected chi connectivity index (χ1v) is 23.8. The molecule has 0 bridgehead atoms. The monoisotopic (exact) mass is 805 g/mol. The topological polar surface area (TPSA) is 61.8 Å². The van der Waals surface area contributed by atoms with Crippen LogP contribution < -0.4 is 0 Å². The zero-order valence-corrected chi connectivity index (χ0v) is 37.8. The van der Waals surface area contributed by atoms with E-state index in [1.807, 2.05) is 0 Å². The molecule has 330 valence electrons. The summed E-state index contributed by atoms with van der Waals surface area (Å²) in [6.07, 6.45) is 64.1. The maximum Gasteiger partial charge on any atom is 0.306 e. The Hall–Kier alpha value is -3.18. The largest absolute Gasteiger partial charge is 0.462 e. The Morgan fingerprint density at radius 2 is 0.776 bits per heavy atom. The van der Waals surface area contributed by atoms with Crippen molar-refractivity contribution in [3.05, 3.63) is 97.2 Å². The van der Waals surface area contributed by atoms with Crippen LogP contribution in [0.25, 0.3) is 0 Å². The molecule has 0 aromatic carbocycles. The van der Waals surface area contributed by atoms with Gasteiger partial charge in [0, 0.05) is 19.4 Å². The summed E-state index contributed by atoms with van der Waals surface area (Å²) in [5, 5.41) is 0. The molecular formula is C53H88O5. The van der Waals surface area contributed by atoms with Gasteiger partial charge in [-0.25, -0.2) is 0 Å². The lowest BCUT2D eigenvalue weighted by Crippen LogP contribution is -2.30. The highest BCUT2D eigenvalue weighted by atomic mass is 16.6. The zero-order valence-electron chi connectivity index (χ0n) is 37.8. The Balaban J connectivity index is 4.36. The Morgan fingerprint density at radius 1 is 0.397 bits per heavy atom. The molecule has 0 aliphatic rings. The molecule has 0 aromatic rings. The lowest BCUT2D eigenvalue weighted by Gasteiger charge is -2.18. The normalized spacial score (nSPS) is 13.1. The summed E-state index contributed by atoms with van der Waals surface area (Å²) >= 11 is 0. The van der Waals surface area contributed by atoms with Crippen molar-refractivity contribution in [2.45, 2.75) is 207 Å². The minimum absolute atomic E-state index is 0.0520. The molecular weight excluding hydrogens is 717 g/mol. The third-order valence-corrected chi connectivity index (χ3v) is 9.62. The molecule has 0 saturated heterocycles. The fraction of sp³-hybridized carbons (Fsp3) is 0.660. The SMILES string of the molecule is CC/C=C\C/C=C\C/C=C\C/C=C\CCCCCCC(=O)OCC(COCCCCCCCCCCCC)OC(=O)CCCC/C=C\C/C=C\C/C=C\C/C=C\CC. The van der Waals surface area contributed by atoms with Gasteiger partial charge in [0.25, 0.3) is 0 Å². The van der Waals surface area contributed by atoms with E-state index in [4.69, 9.17) is 14.2 Å². The van der Waals surface area contributed by atoms with Gasteiger partial charge in [0.05, 0.1) is 6.61 Å². The number of unbranched alkanes of at least 4 members (excludes halogenated alkanes) is 15. The van der Waals surface area contributed by atoms with Gasteiger partial charge in [-0.05, 0) is 96.3 Å². The first kappa shape index (κ1) is 54.8. The van der Waals surface area contributed by atoms with Crippen LogP contribution in [0.2, 0.25) is 0 Å². The van der Waals surface area contributed by atoms with Gasteiger partial charge < -0.3 is 14.2 Å². The van der Waals surface area contributed by atoms with Gasteiger partial charge in [-0.15, -0.1) is 0 Å². The van der Waals surface area contributed by atoms with E-state index in [1.165, 1.54) is 51.4 Å². The maximum absolute atomic E-state index is 12.7. The predicted molar refractivity (Wildman–Crippen MR) is 251 cm³/mol. The van der Waals surface area contributed by atoms with E-state index in [0.29, 0.717) is 19.4 Å². The molecule has 0 N–H and O–H groups in total. The molecule has 0 aromatic heterocycles. The smallest absolute Gasteiger partial charge is 0.306 e. The van der Waals surface area contributed by atoms with Gasteiger partial charge in [-0.1, -0.05) is 189 Å². The van der Waals surface area contributed by atoms with Crippen molar-refractivity contribution in [1.82, 2.24) is 0 Å². The number of carbonyl (C=O) groups excluding carboxylic acids is 2. The van der Waals surface area contributed by atoms with E-state index in [1.54, 1.807) is 0 Å². The molecule has 0 fully saturated rings. The van der Waals surface area contributed by atoms with Crippen LogP contribution in [0.5, 0.6) is 0 Å². The number of hydrogen-bond donors (Lipinski definition) is 0. The molecule has 0 heterocycles. The highest BCUT2D eigenvalue weighted by Crippen LogP contribution is 2.12. The van der Waals surface area contributed by atoms with Gasteiger partial charge in [0.15, 0.2) is 6.10 Å². The summed E-state index contributed by atoms with van der Waals surface area (Å²) in [6.45, 7) is 7.51.